The van der Waals surface area contributed by atoms with E-state index in [0.29, 0.717) is 23.7 Å². The number of Topliss-reactive ketones (excluding diaryl/α,β-unsaturated/α-hetero) is 1. The van der Waals surface area contributed by atoms with Gasteiger partial charge in [-0.15, -0.1) is 5.92 Å². The summed E-state index contributed by atoms with van der Waals surface area (Å²) in [4.78, 5) is 11.2. The summed E-state index contributed by atoms with van der Waals surface area (Å²) >= 11 is 0. The molecule has 0 aromatic rings. The molecule has 0 radical (unpaired) electrons. The van der Waals surface area contributed by atoms with Gasteiger partial charge in [-0.3, -0.25) is 0 Å². The first-order valence-corrected chi connectivity index (χ1v) is 15.4. The van der Waals surface area contributed by atoms with Crippen LogP contribution in [0.25, 0.3) is 0 Å². The smallest absolute Gasteiger partial charge is 0.129 e. The summed E-state index contributed by atoms with van der Waals surface area (Å²) in [7, 11) is 0. The summed E-state index contributed by atoms with van der Waals surface area (Å²) in [5.41, 5.74) is 3.11. The molecule has 3 fully saturated rings. The van der Waals surface area contributed by atoms with Crippen LogP contribution in [0.3, 0.4) is 0 Å². The van der Waals surface area contributed by atoms with E-state index in [2.05, 4.69) is 37.5 Å². The molecule has 0 saturated heterocycles. The van der Waals surface area contributed by atoms with Crippen LogP contribution in [0.1, 0.15) is 125 Å². The maximum absolute atomic E-state index is 11.2. The Hall–Kier alpha value is -1.67. The highest BCUT2D eigenvalue weighted by molar-refractivity contribution is 5.75. The van der Waals surface area contributed by atoms with Gasteiger partial charge in [0.1, 0.15) is 11.4 Å². The molecule has 6 unspecified atom stereocenters. The first-order valence-electron chi connectivity index (χ1n) is 15.4. The molecule has 4 heteroatoms. The minimum absolute atomic E-state index is 0.116. The predicted molar refractivity (Wildman–Crippen MR) is 162 cm³/mol. The highest BCUT2D eigenvalue weighted by Crippen LogP contribution is 2.58. The van der Waals surface area contributed by atoms with Crippen LogP contribution in [0.15, 0.2) is 35.5 Å². The Morgan fingerprint density at radius 2 is 1.90 bits per heavy atom. The first-order chi connectivity index (χ1) is 18.3. The Morgan fingerprint density at radius 1 is 1.21 bits per heavy atom. The van der Waals surface area contributed by atoms with Crippen molar-refractivity contribution in [3.8, 4) is 11.8 Å². The van der Waals surface area contributed by atoms with Gasteiger partial charge >= 0.3 is 0 Å². The van der Waals surface area contributed by atoms with Gasteiger partial charge in [-0.25, -0.2) is 0 Å². The highest BCUT2D eigenvalue weighted by atomic mass is 16.3. The van der Waals surface area contributed by atoms with E-state index in [0.717, 1.165) is 50.5 Å². The molecule has 3 N–H and O–H groups in total. The number of hydrogen-bond donors (Lipinski definition) is 3. The molecule has 0 spiro atoms. The van der Waals surface area contributed by atoms with Gasteiger partial charge in [0.25, 0.3) is 0 Å². The Labute approximate surface area is 239 Å². The minimum Gasteiger partial charge on any atom is -0.393 e. The molecule has 0 amide bonds. The topological polar surface area (TPSA) is 77.8 Å². The van der Waals surface area contributed by atoms with E-state index in [1.807, 2.05) is 6.92 Å². The zero-order valence-electron chi connectivity index (χ0n) is 25.7. The zero-order chi connectivity index (χ0) is 29.2. The number of ketones is 1. The second-order valence-corrected chi connectivity index (χ2v) is 13.1. The van der Waals surface area contributed by atoms with Crippen LogP contribution >= 0.6 is 0 Å². The normalized spacial score (nSPS) is 31.7. The number of carbonyl (C=O) groups excluding carboxylic acids is 1. The molecular weight excluding hydrogens is 484 g/mol. The second-order valence-electron chi connectivity index (χ2n) is 13.1. The average Bonchev–Trinajstić information content (AvgIpc) is 3.20. The van der Waals surface area contributed by atoms with Crippen molar-refractivity contribution < 1.29 is 20.1 Å². The third-order valence-electron chi connectivity index (χ3n) is 9.37. The van der Waals surface area contributed by atoms with Crippen LogP contribution < -0.4 is 0 Å². The molecular formula is C35H56O4. The van der Waals surface area contributed by atoms with Gasteiger partial charge in [-0.1, -0.05) is 44.1 Å². The molecule has 220 valence electrons. The van der Waals surface area contributed by atoms with E-state index < -0.39 is 11.7 Å². The number of hydrogen-bond acceptors (Lipinski definition) is 4. The molecule has 0 aromatic heterocycles. The molecule has 3 saturated carbocycles. The van der Waals surface area contributed by atoms with Crippen LogP contribution in [-0.4, -0.2) is 38.9 Å². The Morgan fingerprint density at radius 3 is 2.51 bits per heavy atom. The van der Waals surface area contributed by atoms with E-state index in [-0.39, 0.29) is 17.8 Å². The quantitative estimate of drug-likeness (QED) is 0.279. The van der Waals surface area contributed by atoms with Crippen molar-refractivity contribution in [3.63, 3.8) is 0 Å². The van der Waals surface area contributed by atoms with E-state index in [1.165, 1.54) is 37.7 Å². The third-order valence-corrected chi connectivity index (χ3v) is 9.37. The van der Waals surface area contributed by atoms with Crippen LogP contribution in [0.5, 0.6) is 0 Å². The number of aliphatic hydroxyl groups is 3. The van der Waals surface area contributed by atoms with Crippen LogP contribution in [0, 0.1) is 35.0 Å². The Bertz CT molecular complexity index is 938. The molecule has 0 bridgehead atoms. The van der Waals surface area contributed by atoms with Gasteiger partial charge in [0.05, 0.1) is 12.2 Å². The fourth-order valence-electron chi connectivity index (χ4n) is 6.79. The number of carbonyl (C=O) groups is 1. The van der Waals surface area contributed by atoms with E-state index in [4.69, 9.17) is 5.11 Å². The second kappa shape index (κ2) is 15.4. The molecule has 39 heavy (non-hydrogen) atoms. The van der Waals surface area contributed by atoms with E-state index in [9.17, 15) is 15.0 Å². The van der Waals surface area contributed by atoms with Gasteiger partial charge in [0.2, 0.25) is 0 Å². The lowest BCUT2D eigenvalue weighted by molar-refractivity contribution is -0.117. The molecule has 6 atom stereocenters. The van der Waals surface area contributed by atoms with E-state index in [1.54, 1.807) is 33.3 Å². The SMILES string of the molecule is C=C1/C(=C\C=C2/CCCC3(C)C(CCC#CC(C)(C)O)CCC23)CCC(CCCC(C)=O)C1O.CCC(C)O. The highest BCUT2D eigenvalue weighted by Gasteiger charge is 2.48. The molecule has 3 aliphatic rings. The summed E-state index contributed by atoms with van der Waals surface area (Å²) in [5.74, 6) is 7.97. The summed E-state index contributed by atoms with van der Waals surface area (Å²) < 4.78 is 0. The summed E-state index contributed by atoms with van der Waals surface area (Å²) in [6.07, 6.45) is 17.4. The molecule has 3 rings (SSSR count). The van der Waals surface area contributed by atoms with Gasteiger partial charge in [-0.05, 0) is 133 Å². The lowest BCUT2D eigenvalue weighted by Gasteiger charge is -2.42. The number of aliphatic hydroxyl groups excluding tert-OH is 2. The average molecular weight is 541 g/mol. The van der Waals surface area contributed by atoms with Gasteiger partial charge in [0, 0.05) is 12.8 Å². The summed E-state index contributed by atoms with van der Waals surface area (Å²) in [5, 5.41) is 29.0. The Balaban J connectivity index is 0.000000976. The number of fused-ring (bicyclic) bond motifs is 1. The van der Waals surface area contributed by atoms with Gasteiger partial charge in [0.15, 0.2) is 0 Å². The van der Waals surface area contributed by atoms with Crippen LogP contribution in [0.2, 0.25) is 0 Å². The molecule has 0 aliphatic heterocycles. The predicted octanol–water partition coefficient (Wildman–Crippen LogP) is 7.47. The van der Waals surface area contributed by atoms with Crippen molar-refractivity contribution in [2.75, 3.05) is 0 Å². The lowest BCUT2D eigenvalue weighted by atomic mass is 9.62. The first kappa shape index (κ1) is 33.5. The van der Waals surface area contributed by atoms with Crippen LogP contribution in [-0.2, 0) is 4.79 Å². The summed E-state index contributed by atoms with van der Waals surface area (Å²) in [6.45, 7) is 15.6. The summed E-state index contributed by atoms with van der Waals surface area (Å²) in [6, 6.07) is 0. The van der Waals surface area contributed by atoms with Gasteiger partial charge in [-0.2, -0.15) is 0 Å². The largest absolute Gasteiger partial charge is 0.393 e. The van der Waals surface area contributed by atoms with Gasteiger partial charge < -0.3 is 20.1 Å². The number of rotatable bonds is 8. The van der Waals surface area contributed by atoms with E-state index >= 15 is 0 Å². The van der Waals surface area contributed by atoms with Crippen molar-refractivity contribution in [2.45, 2.75) is 143 Å². The van der Waals surface area contributed by atoms with Crippen LogP contribution in [0.4, 0.5) is 0 Å². The maximum Gasteiger partial charge on any atom is 0.129 e. The zero-order valence-corrected chi connectivity index (χ0v) is 25.7. The standard InChI is InChI=1S/C31H46O3.C4H10O/c1-22(32)10-8-11-26-17-15-24(23(2)29(26)33)14-16-25-12-9-21-31(5)27(18-19-28(25)31)13-6-7-20-30(3,4)34;1-3-4(2)5/h14,16,26-29,33-34H,2,6,8-13,15,17-19,21H2,1,3-5H3;4-5H,3H2,1-2H3/b24-14-,25-16+;. The molecule has 4 nitrogen and oxygen atoms in total. The molecule has 0 aromatic carbocycles. The van der Waals surface area contributed by atoms with Crippen molar-refractivity contribution >= 4 is 5.78 Å². The number of allylic oxidation sites excluding steroid dienone is 3. The fraction of sp³-hybridized carbons (Fsp3) is 0.743. The third kappa shape index (κ3) is 10.3. The Kier molecular flexibility index (Phi) is 13.2. The molecule has 3 aliphatic carbocycles. The minimum atomic E-state index is -0.901. The monoisotopic (exact) mass is 540 g/mol. The van der Waals surface area contributed by atoms with Crippen molar-refractivity contribution in [2.24, 2.45) is 23.2 Å². The maximum atomic E-state index is 11.2. The molecule has 0 heterocycles. The van der Waals surface area contributed by atoms with Crippen molar-refractivity contribution in [3.05, 3.63) is 35.5 Å². The van der Waals surface area contributed by atoms with Crippen molar-refractivity contribution in [1.29, 1.82) is 0 Å². The lowest BCUT2D eigenvalue weighted by Crippen LogP contribution is -2.33. The fourth-order valence-corrected chi connectivity index (χ4v) is 6.79. The van der Waals surface area contributed by atoms with Crippen molar-refractivity contribution in [1.82, 2.24) is 0 Å².